The lowest BCUT2D eigenvalue weighted by molar-refractivity contribution is -0.384. The zero-order chi connectivity index (χ0) is 20.3. The zero-order valence-electron chi connectivity index (χ0n) is 15.2. The Kier molecular flexibility index (Phi) is 5.16. The van der Waals surface area contributed by atoms with E-state index in [-0.39, 0.29) is 11.5 Å². The molecule has 2 aromatic carbocycles. The number of para-hydroxylation sites is 1. The average molecular weight is 379 g/mol. The maximum Gasteiger partial charge on any atom is 0.369 e. The van der Waals surface area contributed by atoms with E-state index in [0.29, 0.717) is 22.5 Å². The van der Waals surface area contributed by atoms with Crippen LogP contribution in [0.5, 0.6) is 0 Å². The van der Waals surface area contributed by atoms with Crippen molar-refractivity contribution in [2.75, 3.05) is 0 Å². The molecular weight excluding hydrogens is 362 g/mol. The normalized spacial score (nSPS) is 11.3. The molecule has 9 heteroatoms. The van der Waals surface area contributed by atoms with Crippen LogP contribution in [0.2, 0.25) is 0 Å². The number of nitrogens with two attached hydrogens (primary N) is 1. The van der Waals surface area contributed by atoms with Gasteiger partial charge in [-0.15, -0.1) is 0 Å². The second-order valence-electron chi connectivity index (χ2n) is 5.95. The third-order valence-corrected chi connectivity index (χ3v) is 4.10. The van der Waals surface area contributed by atoms with Crippen molar-refractivity contribution in [3.8, 4) is 5.69 Å². The van der Waals surface area contributed by atoms with E-state index in [2.05, 4.69) is 10.3 Å². The van der Waals surface area contributed by atoms with E-state index < -0.39 is 10.9 Å². The molecule has 2 N–H and O–H groups in total. The fourth-order valence-electron chi connectivity index (χ4n) is 2.70. The Morgan fingerprint density at radius 1 is 1.14 bits per heavy atom. The summed E-state index contributed by atoms with van der Waals surface area (Å²) in [5.74, 6) is -0.768. The van der Waals surface area contributed by atoms with E-state index in [9.17, 15) is 14.9 Å². The van der Waals surface area contributed by atoms with Gasteiger partial charge in [0.1, 0.15) is 5.56 Å². The first-order valence-electron chi connectivity index (χ1n) is 8.29. The predicted molar refractivity (Wildman–Crippen MR) is 102 cm³/mol. The molecule has 0 bridgehead atoms. The molecule has 0 saturated heterocycles. The van der Waals surface area contributed by atoms with Crippen molar-refractivity contribution in [2.24, 2.45) is 10.9 Å². The van der Waals surface area contributed by atoms with Gasteiger partial charge in [0.15, 0.2) is 5.84 Å². The van der Waals surface area contributed by atoms with Gasteiger partial charge in [0, 0.05) is 17.7 Å². The van der Waals surface area contributed by atoms with Crippen LogP contribution < -0.4 is 5.73 Å². The van der Waals surface area contributed by atoms with Crippen LogP contribution in [0.3, 0.4) is 0 Å². The number of rotatable bonds is 5. The van der Waals surface area contributed by atoms with Crippen LogP contribution in [0.1, 0.15) is 27.3 Å². The van der Waals surface area contributed by atoms with Crippen molar-refractivity contribution in [3.05, 3.63) is 87.2 Å². The number of aromatic nitrogens is 2. The van der Waals surface area contributed by atoms with E-state index in [4.69, 9.17) is 10.6 Å². The molecule has 0 amide bonds. The molecule has 0 aliphatic heterocycles. The fourth-order valence-corrected chi connectivity index (χ4v) is 2.70. The maximum atomic E-state index is 12.5. The summed E-state index contributed by atoms with van der Waals surface area (Å²) in [5, 5.41) is 18.7. The number of non-ortho nitro benzene ring substituents is 1. The second-order valence-corrected chi connectivity index (χ2v) is 5.95. The molecule has 142 valence electrons. The van der Waals surface area contributed by atoms with Gasteiger partial charge in [0.25, 0.3) is 5.69 Å². The number of nitro groups is 1. The molecule has 0 fully saturated rings. The number of amidine groups is 1. The van der Waals surface area contributed by atoms with Crippen molar-refractivity contribution in [1.29, 1.82) is 0 Å². The summed E-state index contributed by atoms with van der Waals surface area (Å²) in [6, 6.07) is 14.8. The summed E-state index contributed by atoms with van der Waals surface area (Å²) in [7, 11) is 0. The minimum absolute atomic E-state index is 0.0750. The predicted octanol–water partition coefficient (Wildman–Crippen LogP) is 2.87. The summed E-state index contributed by atoms with van der Waals surface area (Å²) in [6.45, 7) is 3.46. The maximum absolute atomic E-state index is 12.5. The van der Waals surface area contributed by atoms with Gasteiger partial charge in [0.05, 0.1) is 22.0 Å². The second kappa shape index (κ2) is 7.70. The monoisotopic (exact) mass is 379 g/mol. The first-order chi connectivity index (χ1) is 13.4. The summed E-state index contributed by atoms with van der Waals surface area (Å²) in [6.07, 6.45) is 0. The molecule has 0 aliphatic rings. The standard InChI is InChI=1S/C19H17N5O4/c1-12-17(13(2)23(21-12)15-6-4-3-5-7-15)19(25)28-22-18(20)14-8-10-16(11-9-14)24(26)27/h3-11H,1-2H3,(H2,20,22). The number of aryl methyl sites for hydroxylation is 1. The van der Waals surface area contributed by atoms with Crippen LogP contribution in [0.25, 0.3) is 5.69 Å². The van der Waals surface area contributed by atoms with Crippen LogP contribution in [0.4, 0.5) is 5.69 Å². The Labute approximate surface area is 160 Å². The van der Waals surface area contributed by atoms with Crippen molar-refractivity contribution in [1.82, 2.24) is 9.78 Å². The molecule has 1 aromatic heterocycles. The molecule has 0 unspecified atom stereocenters. The number of hydrogen-bond donors (Lipinski definition) is 1. The average Bonchev–Trinajstić information content (AvgIpc) is 3.00. The minimum atomic E-state index is -0.693. The lowest BCUT2D eigenvalue weighted by atomic mass is 10.2. The lowest BCUT2D eigenvalue weighted by Gasteiger charge is -2.04. The van der Waals surface area contributed by atoms with Crippen LogP contribution in [0.15, 0.2) is 59.8 Å². The summed E-state index contributed by atoms with van der Waals surface area (Å²) in [5.41, 5.74) is 8.34. The Hall–Kier alpha value is -4.01. The van der Waals surface area contributed by atoms with Gasteiger partial charge in [-0.1, -0.05) is 23.4 Å². The van der Waals surface area contributed by atoms with Crippen molar-refractivity contribution < 1.29 is 14.6 Å². The highest BCUT2D eigenvalue weighted by molar-refractivity contribution is 5.98. The molecule has 3 aromatic rings. The molecule has 9 nitrogen and oxygen atoms in total. The van der Waals surface area contributed by atoms with E-state index in [0.717, 1.165) is 5.69 Å². The SMILES string of the molecule is Cc1nn(-c2ccccc2)c(C)c1C(=O)O/N=C(\N)c1ccc([N+](=O)[O-])cc1. The van der Waals surface area contributed by atoms with E-state index in [1.807, 2.05) is 30.3 Å². The molecule has 28 heavy (non-hydrogen) atoms. The number of carbonyl (C=O) groups is 1. The minimum Gasteiger partial charge on any atom is -0.380 e. The van der Waals surface area contributed by atoms with Crippen molar-refractivity contribution in [3.63, 3.8) is 0 Å². The number of nitrogens with zero attached hydrogens (tertiary/aromatic N) is 4. The third-order valence-electron chi connectivity index (χ3n) is 4.10. The fraction of sp³-hybridized carbons (Fsp3) is 0.105. The van der Waals surface area contributed by atoms with E-state index >= 15 is 0 Å². The highest BCUT2D eigenvalue weighted by Gasteiger charge is 2.21. The van der Waals surface area contributed by atoms with Gasteiger partial charge < -0.3 is 10.6 Å². The number of benzene rings is 2. The van der Waals surface area contributed by atoms with Crippen molar-refractivity contribution in [2.45, 2.75) is 13.8 Å². The molecule has 0 atom stereocenters. The highest BCUT2D eigenvalue weighted by atomic mass is 16.7. The number of nitro benzene ring substituents is 1. The van der Waals surface area contributed by atoms with Gasteiger partial charge >= 0.3 is 5.97 Å². The first kappa shape index (κ1) is 18.8. The van der Waals surface area contributed by atoms with E-state index in [1.165, 1.54) is 24.3 Å². The van der Waals surface area contributed by atoms with Gasteiger partial charge in [-0.05, 0) is 38.1 Å². The molecule has 3 rings (SSSR count). The van der Waals surface area contributed by atoms with Crippen molar-refractivity contribution >= 4 is 17.5 Å². The lowest BCUT2D eigenvalue weighted by Crippen LogP contribution is -2.15. The number of hydrogen-bond acceptors (Lipinski definition) is 6. The highest BCUT2D eigenvalue weighted by Crippen LogP contribution is 2.19. The molecule has 0 radical (unpaired) electrons. The van der Waals surface area contributed by atoms with Crippen LogP contribution >= 0.6 is 0 Å². The molecule has 0 aliphatic carbocycles. The smallest absolute Gasteiger partial charge is 0.369 e. The first-order valence-corrected chi connectivity index (χ1v) is 8.29. The van der Waals surface area contributed by atoms with Gasteiger partial charge in [-0.25, -0.2) is 9.48 Å². The summed E-state index contributed by atoms with van der Waals surface area (Å²) < 4.78 is 1.65. The Balaban J connectivity index is 1.80. The van der Waals surface area contributed by atoms with Crippen LogP contribution in [-0.4, -0.2) is 26.5 Å². The quantitative estimate of drug-likeness (QED) is 0.239. The van der Waals surface area contributed by atoms with E-state index in [1.54, 1.807) is 18.5 Å². The Morgan fingerprint density at radius 3 is 2.39 bits per heavy atom. The zero-order valence-corrected chi connectivity index (χ0v) is 15.2. The molecular formula is C19H17N5O4. The molecule has 0 spiro atoms. The third kappa shape index (κ3) is 3.73. The summed E-state index contributed by atoms with van der Waals surface area (Å²) in [4.78, 5) is 27.6. The molecule has 1 heterocycles. The van der Waals surface area contributed by atoms with Gasteiger partial charge in [-0.2, -0.15) is 5.10 Å². The largest absolute Gasteiger partial charge is 0.380 e. The number of carbonyl (C=O) groups excluding carboxylic acids is 1. The number of oxime groups is 1. The molecule has 0 saturated carbocycles. The topological polar surface area (TPSA) is 126 Å². The Morgan fingerprint density at radius 2 is 1.79 bits per heavy atom. The van der Waals surface area contributed by atoms with Gasteiger partial charge in [0.2, 0.25) is 0 Å². The Bertz CT molecular complexity index is 1060. The van der Waals surface area contributed by atoms with Crippen LogP contribution in [-0.2, 0) is 4.84 Å². The van der Waals surface area contributed by atoms with Gasteiger partial charge in [-0.3, -0.25) is 10.1 Å². The summed E-state index contributed by atoms with van der Waals surface area (Å²) >= 11 is 0. The van der Waals surface area contributed by atoms with Crippen LogP contribution in [0, 0.1) is 24.0 Å².